The van der Waals surface area contributed by atoms with Crippen LogP contribution >= 0.6 is 0 Å². The molecule has 1 amide bonds. The molecule has 29 heavy (non-hydrogen) atoms. The van der Waals surface area contributed by atoms with Gasteiger partial charge in [-0.05, 0) is 24.6 Å². The third kappa shape index (κ3) is 2.97. The SMILES string of the molecule is Cn1nc2c(c1-c1cc(F)cc(F)c1)CCN(C(=O)c1cnc3ccoc3c1)C2. The molecule has 8 heteroatoms. The molecule has 1 aliphatic heterocycles. The van der Waals surface area contributed by atoms with Crippen molar-refractivity contribution in [1.82, 2.24) is 19.7 Å². The number of aryl methyl sites for hydroxylation is 1. The second-order valence-electron chi connectivity index (χ2n) is 7.06. The number of amides is 1. The van der Waals surface area contributed by atoms with Crippen LogP contribution in [0, 0.1) is 11.6 Å². The first kappa shape index (κ1) is 17.5. The maximum absolute atomic E-state index is 13.7. The van der Waals surface area contributed by atoms with Crippen LogP contribution in [0.25, 0.3) is 22.4 Å². The van der Waals surface area contributed by atoms with Gasteiger partial charge in [-0.15, -0.1) is 0 Å². The predicted octanol–water partition coefficient (Wildman–Crippen LogP) is 3.71. The van der Waals surface area contributed by atoms with Crippen LogP contribution < -0.4 is 0 Å². The fourth-order valence-electron chi connectivity index (χ4n) is 3.89. The van der Waals surface area contributed by atoms with E-state index in [1.165, 1.54) is 24.6 Å². The zero-order chi connectivity index (χ0) is 20.1. The van der Waals surface area contributed by atoms with Crippen LogP contribution in [0.3, 0.4) is 0 Å². The van der Waals surface area contributed by atoms with E-state index < -0.39 is 11.6 Å². The van der Waals surface area contributed by atoms with Crippen LogP contribution in [0.15, 0.2) is 47.2 Å². The number of aromatic nitrogens is 3. The number of benzene rings is 1. The predicted molar refractivity (Wildman–Crippen MR) is 101 cm³/mol. The lowest BCUT2D eigenvalue weighted by atomic mass is 9.99. The van der Waals surface area contributed by atoms with Crippen molar-refractivity contribution in [3.8, 4) is 11.3 Å². The molecule has 0 unspecified atom stereocenters. The van der Waals surface area contributed by atoms with E-state index in [-0.39, 0.29) is 5.91 Å². The first-order chi connectivity index (χ1) is 14.0. The highest BCUT2D eigenvalue weighted by molar-refractivity contribution is 5.96. The van der Waals surface area contributed by atoms with Gasteiger partial charge in [-0.3, -0.25) is 14.5 Å². The fraction of sp³-hybridized carbons (Fsp3) is 0.190. The van der Waals surface area contributed by atoms with E-state index in [9.17, 15) is 13.6 Å². The summed E-state index contributed by atoms with van der Waals surface area (Å²) >= 11 is 0. The number of rotatable bonds is 2. The summed E-state index contributed by atoms with van der Waals surface area (Å²) < 4.78 is 34.3. The lowest BCUT2D eigenvalue weighted by Gasteiger charge is -2.26. The quantitative estimate of drug-likeness (QED) is 0.520. The van der Waals surface area contributed by atoms with E-state index in [0.29, 0.717) is 47.4 Å². The van der Waals surface area contributed by atoms with E-state index in [0.717, 1.165) is 17.3 Å². The highest BCUT2D eigenvalue weighted by atomic mass is 19.1. The molecule has 146 valence electrons. The largest absolute Gasteiger partial charge is 0.463 e. The van der Waals surface area contributed by atoms with Gasteiger partial charge in [-0.1, -0.05) is 0 Å². The van der Waals surface area contributed by atoms with Crippen molar-refractivity contribution in [2.75, 3.05) is 6.54 Å². The lowest BCUT2D eigenvalue weighted by Crippen LogP contribution is -2.36. The molecular weight excluding hydrogens is 378 g/mol. The Bertz CT molecular complexity index is 1240. The molecular formula is C21H16F2N4O2. The van der Waals surface area contributed by atoms with Gasteiger partial charge in [0.05, 0.1) is 29.8 Å². The number of halogens is 2. The first-order valence-electron chi connectivity index (χ1n) is 9.13. The monoisotopic (exact) mass is 394 g/mol. The molecule has 0 fully saturated rings. The molecule has 0 radical (unpaired) electrons. The third-order valence-corrected chi connectivity index (χ3v) is 5.17. The Morgan fingerprint density at radius 3 is 2.76 bits per heavy atom. The molecule has 4 heterocycles. The van der Waals surface area contributed by atoms with Gasteiger partial charge >= 0.3 is 0 Å². The van der Waals surface area contributed by atoms with Crippen LogP contribution in [-0.4, -0.2) is 32.1 Å². The van der Waals surface area contributed by atoms with E-state index in [1.807, 2.05) is 0 Å². The molecule has 1 aliphatic rings. The van der Waals surface area contributed by atoms with E-state index >= 15 is 0 Å². The second kappa shape index (κ2) is 6.51. The van der Waals surface area contributed by atoms with Crippen LogP contribution in [0.5, 0.6) is 0 Å². The molecule has 0 atom stereocenters. The average Bonchev–Trinajstić information content (AvgIpc) is 3.28. The summed E-state index contributed by atoms with van der Waals surface area (Å²) in [7, 11) is 1.73. The van der Waals surface area contributed by atoms with Gasteiger partial charge in [-0.25, -0.2) is 8.78 Å². The number of hydrogen-bond donors (Lipinski definition) is 0. The minimum Gasteiger partial charge on any atom is -0.463 e. The minimum absolute atomic E-state index is 0.162. The van der Waals surface area contributed by atoms with Crippen molar-refractivity contribution in [3.05, 3.63) is 71.2 Å². The van der Waals surface area contributed by atoms with Gasteiger partial charge < -0.3 is 9.32 Å². The van der Waals surface area contributed by atoms with Crippen LogP contribution in [0.1, 0.15) is 21.6 Å². The Morgan fingerprint density at radius 1 is 1.17 bits per heavy atom. The van der Waals surface area contributed by atoms with Crippen molar-refractivity contribution < 1.29 is 18.0 Å². The summed E-state index contributed by atoms with van der Waals surface area (Å²) in [4.78, 5) is 18.9. The van der Waals surface area contributed by atoms with Crippen molar-refractivity contribution in [1.29, 1.82) is 0 Å². The van der Waals surface area contributed by atoms with Gasteiger partial charge in [0.1, 0.15) is 17.2 Å². The maximum atomic E-state index is 13.7. The van der Waals surface area contributed by atoms with Crippen molar-refractivity contribution in [2.45, 2.75) is 13.0 Å². The Balaban J connectivity index is 1.46. The molecule has 0 saturated carbocycles. The summed E-state index contributed by atoms with van der Waals surface area (Å²) in [5.74, 6) is -1.43. The molecule has 4 aromatic rings. The topological polar surface area (TPSA) is 64.2 Å². The first-order valence-corrected chi connectivity index (χ1v) is 9.13. The fourth-order valence-corrected chi connectivity index (χ4v) is 3.89. The summed E-state index contributed by atoms with van der Waals surface area (Å²) in [6.45, 7) is 0.786. The summed E-state index contributed by atoms with van der Waals surface area (Å²) in [6.07, 6.45) is 3.61. The van der Waals surface area contributed by atoms with Gasteiger partial charge in [0.15, 0.2) is 5.58 Å². The molecule has 0 aliphatic carbocycles. The zero-order valence-corrected chi connectivity index (χ0v) is 15.5. The maximum Gasteiger partial charge on any atom is 0.255 e. The van der Waals surface area contributed by atoms with Gasteiger partial charge in [-0.2, -0.15) is 5.10 Å². The summed E-state index contributed by atoms with van der Waals surface area (Å²) in [5.41, 5.74) is 4.43. The summed E-state index contributed by atoms with van der Waals surface area (Å²) in [5, 5.41) is 4.50. The van der Waals surface area contributed by atoms with Crippen molar-refractivity contribution in [2.24, 2.45) is 7.05 Å². The average molecular weight is 394 g/mol. The summed E-state index contributed by atoms with van der Waals surface area (Å²) in [6, 6.07) is 6.85. The molecule has 3 aromatic heterocycles. The van der Waals surface area contributed by atoms with Crippen molar-refractivity contribution in [3.63, 3.8) is 0 Å². The van der Waals surface area contributed by atoms with Gasteiger partial charge in [0, 0.05) is 43.0 Å². The van der Waals surface area contributed by atoms with Crippen molar-refractivity contribution >= 4 is 17.0 Å². The van der Waals surface area contributed by atoms with E-state index in [1.54, 1.807) is 28.8 Å². The highest BCUT2D eigenvalue weighted by Gasteiger charge is 2.28. The second-order valence-corrected chi connectivity index (χ2v) is 7.06. The molecule has 0 saturated heterocycles. The Labute approximate surface area is 164 Å². The smallest absolute Gasteiger partial charge is 0.255 e. The molecule has 0 spiro atoms. The Morgan fingerprint density at radius 2 is 1.97 bits per heavy atom. The lowest BCUT2D eigenvalue weighted by molar-refractivity contribution is 0.0732. The normalized spacial score (nSPS) is 13.7. The zero-order valence-electron chi connectivity index (χ0n) is 15.5. The van der Waals surface area contributed by atoms with Crippen LogP contribution in [0.2, 0.25) is 0 Å². The highest BCUT2D eigenvalue weighted by Crippen LogP contribution is 2.31. The number of pyridine rings is 1. The van der Waals surface area contributed by atoms with Gasteiger partial charge in [0.2, 0.25) is 0 Å². The van der Waals surface area contributed by atoms with E-state index in [2.05, 4.69) is 10.1 Å². The van der Waals surface area contributed by atoms with Gasteiger partial charge in [0.25, 0.3) is 5.91 Å². The molecule has 0 N–H and O–H groups in total. The minimum atomic E-state index is -0.636. The molecule has 5 rings (SSSR count). The van der Waals surface area contributed by atoms with Crippen LogP contribution in [-0.2, 0) is 20.0 Å². The van der Waals surface area contributed by atoms with Crippen LogP contribution in [0.4, 0.5) is 8.78 Å². The third-order valence-electron chi connectivity index (χ3n) is 5.17. The Hall–Kier alpha value is -3.55. The number of fused-ring (bicyclic) bond motifs is 2. The molecule has 1 aromatic carbocycles. The van der Waals surface area contributed by atoms with E-state index in [4.69, 9.17) is 4.42 Å². The Kier molecular flexibility index (Phi) is 3.94. The number of carbonyl (C=O) groups is 1. The number of hydrogen-bond acceptors (Lipinski definition) is 4. The molecule has 6 nitrogen and oxygen atoms in total. The number of furan rings is 1. The number of nitrogens with zero attached hydrogens (tertiary/aromatic N) is 4. The molecule has 0 bridgehead atoms. The standard InChI is InChI=1S/C21H16F2N4O2/c1-26-20(12-6-14(22)9-15(23)7-12)16-2-4-27(11-18(16)25-26)21(28)13-8-19-17(24-10-13)3-5-29-19/h3,5-10H,2,4,11H2,1H3. The number of carbonyl (C=O) groups excluding carboxylic acids is 1.